The summed E-state index contributed by atoms with van der Waals surface area (Å²) in [4.78, 5) is 28.3. The van der Waals surface area contributed by atoms with Gasteiger partial charge in [-0.15, -0.1) is 0 Å². The number of benzene rings is 2. The molecule has 2 rings (SSSR count). The molecule has 28 heavy (non-hydrogen) atoms. The zero-order valence-electron chi connectivity index (χ0n) is 17.3. The molecule has 0 aliphatic heterocycles. The van der Waals surface area contributed by atoms with Crippen molar-refractivity contribution in [2.45, 2.75) is 27.7 Å². The number of amides is 2. The number of anilines is 3. The summed E-state index contributed by atoms with van der Waals surface area (Å²) in [5.74, 6) is 0.249. The van der Waals surface area contributed by atoms with Gasteiger partial charge in [-0.2, -0.15) is 0 Å². The summed E-state index contributed by atoms with van der Waals surface area (Å²) in [7, 11) is 1.58. The van der Waals surface area contributed by atoms with Crippen LogP contribution in [0.25, 0.3) is 0 Å². The molecule has 0 aliphatic rings. The van der Waals surface area contributed by atoms with Crippen molar-refractivity contribution < 1.29 is 14.3 Å². The van der Waals surface area contributed by atoms with Crippen molar-refractivity contribution >= 4 is 28.9 Å². The molecule has 1 N–H and O–H groups in total. The topological polar surface area (TPSA) is 61.9 Å². The Labute approximate surface area is 167 Å². The lowest BCUT2D eigenvalue weighted by Gasteiger charge is -2.23. The highest BCUT2D eigenvalue weighted by Crippen LogP contribution is 2.23. The Morgan fingerprint density at radius 2 is 1.61 bits per heavy atom. The molecular formula is C22H29N3O3. The number of nitrogens with one attached hydrogen (secondary N) is 1. The van der Waals surface area contributed by atoms with E-state index in [1.165, 1.54) is 11.8 Å². The fourth-order valence-corrected chi connectivity index (χ4v) is 3.05. The van der Waals surface area contributed by atoms with Crippen LogP contribution in [0.1, 0.15) is 26.3 Å². The van der Waals surface area contributed by atoms with Gasteiger partial charge in [0.2, 0.25) is 11.8 Å². The molecule has 0 aliphatic carbocycles. The Bertz CT molecular complexity index is 814. The van der Waals surface area contributed by atoms with Crippen molar-refractivity contribution in [3.63, 3.8) is 0 Å². The van der Waals surface area contributed by atoms with Crippen LogP contribution in [0.15, 0.2) is 42.5 Å². The number of carbonyl (C=O) groups is 2. The maximum absolute atomic E-state index is 12.6. The Balaban J connectivity index is 2.11. The second kappa shape index (κ2) is 9.78. The number of hydrogen-bond acceptors (Lipinski definition) is 4. The van der Waals surface area contributed by atoms with Crippen LogP contribution in [0.5, 0.6) is 5.75 Å². The molecule has 0 fully saturated rings. The van der Waals surface area contributed by atoms with E-state index in [1.807, 2.05) is 19.1 Å². The van der Waals surface area contributed by atoms with Crippen LogP contribution in [0.3, 0.4) is 0 Å². The molecule has 2 aromatic carbocycles. The van der Waals surface area contributed by atoms with E-state index in [2.05, 4.69) is 30.1 Å². The van der Waals surface area contributed by atoms with E-state index in [0.29, 0.717) is 11.4 Å². The van der Waals surface area contributed by atoms with Gasteiger partial charge < -0.3 is 19.9 Å². The number of carbonyl (C=O) groups excluding carboxylic acids is 2. The first kappa shape index (κ1) is 21.3. The molecule has 0 saturated carbocycles. The van der Waals surface area contributed by atoms with Gasteiger partial charge in [-0.05, 0) is 68.8 Å². The summed E-state index contributed by atoms with van der Waals surface area (Å²) < 4.78 is 5.14. The molecule has 0 radical (unpaired) electrons. The zero-order chi connectivity index (χ0) is 20.7. The van der Waals surface area contributed by atoms with E-state index in [-0.39, 0.29) is 18.4 Å². The molecule has 0 unspecified atom stereocenters. The van der Waals surface area contributed by atoms with Crippen molar-refractivity contribution in [3.05, 3.63) is 48.0 Å². The highest BCUT2D eigenvalue weighted by Gasteiger charge is 2.17. The van der Waals surface area contributed by atoms with E-state index in [4.69, 9.17) is 4.74 Å². The summed E-state index contributed by atoms with van der Waals surface area (Å²) in [6.45, 7) is 9.44. The van der Waals surface area contributed by atoms with Gasteiger partial charge >= 0.3 is 0 Å². The van der Waals surface area contributed by atoms with Crippen LogP contribution in [0.4, 0.5) is 17.1 Å². The van der Waals surface area contributed by atoms with Crippen LogP contribution in [-0.2, 0) is 9.59 Å². The normalized spacial score (nSPS) is 10.3. The first-order valence-corrected chi connectivity index (χ1v) is 9.47. The Kier molecular flexibility index (Phi) is 7.44. The van der Waals surface area contributed by atoms with Crippen LogP contribution in [-0.4, -0.2) is 38.6 Å². The number of hydrogen-bond donors (Lipinski definition) is 1. The molecule has 0 bridgehead atoms. The van der Waals surface area contributed by atoms with Gasteiger partial charge in [-0.3, -0.25) is 9.59 Å². The summed E-state index contributed by atoms with van der Waals surface area (Å²) in [6.07, 6.45) is 0. The molecule has 150 valence electrons. The minimum atomic E-state index is -0.246. The van der Waals surface area contributed by atoms with Crippen molar-refractivity contribution in [1.29, 1.82) is 0 Å². The maximum Gasteiger partial charge on any atom is 0.244 e. The molecule has 0 heterocycles. The average molecular weight is 383 g/mol. The summed E-state index contributed by atoms with van der Waals surface area (Å²) in [5.41, 5.74) is 3.51. The highest BCUT2D eigenvalue weighted by atomic mass is 16.5. The molecule has 6 heteroatoms. The van der Waals surface area contributed by atoms with Crippen LogP contribution in [0.2, 0.25) is 0 Å². The van der Waals surface area contributed by atoms with Crippen molar-refractivity contribution in [1.82, 2.24) is 0 Å². The third-order valence-electron chi connectivity index (χ3n) is 4.68. The molecule has 2 aromatic rings. The van der Waals surface area contributed by atoms with Crippen molar-refractivity contribution in [2.75, 3.05) is 41.9 Å². The Morgan fingerprint density at radius 3 is 2.11 bits per heavy atom. The monoisotopic (exact) mass is 383 g/mol. The highest BCUT2D eigenvalue weighted by molar-refractivity contribution is 6.02. The second-order valence-electron chi connectivity index (χ2n) is 6.52. The minimum Gasteiger partial charge on any atom is -0.497 e. The maximum atomic E-state index is 12.6. The SMILES string of the molecule is CCN(CC)c1ccc(NC(=O)CN(C(C)=O)c2ccc(OC)cc2)c(C)c1. The predicted molar refractivity (Wildman–Crippen MR) is 114 cm³/mol. The number of ether oxygens (including phenoxy) is 1. The van der Waals surface area contributed by atoms with Gasteiger partial charge in [0.15, 0.2) is 0 Å². The zero-order valence-corrected chi connectivity index (χ0v) is 17.3. The fourth-order valence-electron chi connectivity index (χ4n) is 3.05. The first-order chi connectivity index (χ1) is 13.4. The lowest BCUT2D eigenvalue weighted by atomic mass is 10.1. The van der Waals surface area contributed by atoms with Gasteiger partial charge in [-0.25, -0.2) is 0 Å². The lowest BCUT2D eigenvalue weighted by molar-refractivity contribution is -0.120. The molecule has 0 atom stereocenters. The first-order valence-electron chi connectivity index (χ1n) is 9.47. The van der Waals surface area contributed by atoms with Crippen molar-refractivity contribution in [2.24, 2.45) is 0 Å². The summed E-state index contributed by atoms with van der Waals surface area (Å²) >= 11 is 0. The molecule has 0 aromatic heterocycles. The number of nitrogens with zero attached hydrogens (tertiary/aromatic N) is 2. The van der Waals surface area contributed by atoms with E-state index in [0.717, 1.165) is 30.0 Å². The Morgan fingerprint density at radius 1 is 1.00 bits per heavy atom. The summed E-state index contributed by atoms with van der Waals surface area (Å²) in [6, 6.07) is 13.0. The third kappa shape index (κ3) is 5.25. The van der Waals surface area contributed by atoms with Gasteiger partial charge in [0, 0.05) is 37.1 Å². The number of rotatable bonds is 8. The van der Waals surface area contributed by atoms with Gasteiger partial charge in [0.25, 0.3) is 0 Å². The molecule has 0 spiro atoms. The molecule has 0 saturated heterocycles. The van der Waals surface area contributed by atoms with Gasteiger partial charge in [0.05, 0.1) is 7.11 Å². The van der Waals surface area contributed by atoms with E-state index >= 15 is 0 Å². The molecule has 6 nitrogen and oxygen atoms in total. The van der Waals surface area contributed by atoms with E-state index < -0.39 is 0 Å². The third-order valence-corrected chi connectivity index (χ3v) is 4.68. The summed E-state index contributed by atoms with van der Waals surface area (Å²) in [5, 5.41) is 2.91. The largest absolute Gasteiger partial charge is 0.497 e. The molecular weight excluding hydrogens is 354 g/mol. The van der Waals surface area contributed by atoms with Gasteiger partial charge in [-0.1, -0.05) is 0 Å². The lowest BCUT2D eigenvalue weighted by Crippen LogP contribution is -2.36. The van der Waals surface area contributed by atoms with E-state index in [1.54, 1.807) is 31.4 Å². The molecule has 2 amide bonds. The van der Waals surface area contributed by atoms with E-state index in [9.17, 15) is 9.59 Å². The van der Waals surface area contributed by atoms with Crippen molar-refractivity contribution in [3.8, 4) is 5.75 Å². The second-order valence-corrected chi connectivity index (χ2v) is 6.52. The number of aryl methyl sites for hydroxylation is 1. The van der Waals surface area contributed by atoms with Crippen LogP contribution in [0, 0.1) is 6.92 Å². The number of methoxy groups -OCH3 is 1. The fraction of sp³-hybridized carbons (Fsp3) is 0.364. The van der Waals surface area contributed by atoms with Crippen LogP contribution >= 0.6 is 0 Å². The quantitative estimate of drug-likeness (QED) is 0.752. The standard InChI is InChI=1S/C22H29N3O3/c1-6-24(7-2)19-10-13-21(16(3)14-19)23-22(27)15-25(17(4)26)18-8-11-20(28-5)12-9-18/h8-14H,6-7,15H2,1-5H3,(H,23,27). The average Bonchev–Trinajstić information content (AvgIpc) is 2.69. The van der Waals surface area contributed by atoms with Crippen LogP contribution < -0.4 is 19.9 Å². The minimum absolute atomic E-state index is 0.0566. The van der Waals surface area contributed by atoms with Gasteiger partial charge in [0.1, 0.15) is 12.3 Å². The smallest absolute Gasteiger partial charge is 0.244 e. The Hall–Kier alpha value is -3.02. The predicted octanol–water partition coefficient (Wildman–Crippen LogP) is 3.84.